The van der Waals surface area contributed by atoms with E-state index in [1.54, 1.807) is 0 Å². The second-order valence-electron chi connectivity index (χ2n) is 12.5. The van der Waals surface area contributed by atoms with E-state index in [4.69, 9.17) is 9.47 Å². The predicted octanol–water partition coefficient (Wildman–Crippen LogP) is 4.88. The number of hydrogen-bond donors (Lipinski definition) is 0. The van der Waals surface area contributed by atoms with Crippen molar-refractivity contribution in [2.24, 2.45) is 11.3 Å². The summed E-state index contributed by atoms with van der Waals surface area (Å²) in [5, 5.41) is 0. The summed E-state index contributed by atoms with van der Waals surface area (Å²) in [7, 11) is -3.46. The fourth-order valence-electron chi connectivity index (χ4n) is 4.97. The number of rotatable bonds is 9. The maximum absolute atomic E-state index is 12.9. The van der Waals surface area contributed by atoms with E-state index < -0.39 is 21.7 Å². The number of piperidine rings is 1. The molecule has 0 radical (unpaired) electrons. The molecular formula is C26H51ClN2O5S. The van der Waals surface area contributed by atoms with Gasteiger partial charge in [-0.25, -0.2) is 8.42 Å². The highest BCUT2D eigenvalue weighted by molar-refractivity contribution is 7.88. The van der Waals surface area contributed by atoms with Gasteiger partial charge in [0.1, 0.15) is 12.7 Å². The molecule has 0 aromatic rings. The van der Waals surface area contributed by atoms with Crippen LogP contribution >= 0.6 is 12.4 Å². The Hall–Kier alpha value is -0.410. The van der Waals surface area contributed by atoms with Crippen molar-refractivity contribution >= 4 is 28.4 Å². The smallest absolute Gasteiger partial charge is 0.309 e. The monoisotopic (exact) mass is 538 g/mol. The zero-order valence-corrected chi connectivity index (χ0v) is 25.0. The third kappa shape index (κ3) is 10.5. The number of esters is 1. The van der Waals surface area contributed by atoms with Crippen molar-refractivity contribution in [2.45, 2.75) is 117 Å². The van der Waals surface area contributed by atoms with Crippen LogP contribution in [0.2, 0.25) is 0 Å². The first-order chi connectivity index (χ1) is 15.6. The number of sulfonamides is 1. The lowest BCUT2D eigenvalue weighted by Gasteiger charge is -2.39. The summed E-state index contributed by atoms with van der Waals surface area (Å²) in [6.45, 7) is 16.4. The largest absolute Gasteiger partial charge is 0.463 e. The first-order valence-corrected chi connectivity index (χ1v) is 15.0. The molecule has 35 heavy (non-hydrogen) atoms. The molecule has 0 aromatic heterocycles. The molecule has 0 unspecified atom stereocenters. The number of carbonyl (C=O) groups excluding carboxylic acids is 1. The Morgan fingerprint density at radius 3 is 2.00 bits per heavy atom. The summed E-state index contributed by atoms with van der Waals surface area (Å²) in [6, 6.07) is 0.600. The highest BCUT2D eigenvalue weighted by Gasteiger charge is 2.36. The number of nitrogens with zero attached hydrogens (tertiary/aromatic N) is 2. The molecule has 7 nitrogen and oxygen atoms in total. The molecule has 2 fully saturated rings. The van der Waals surface area contributed by atoms with Crippen molar-refractivity contribution in [1.82, 2.24) is 9.21 Å². The van der Waals surface area contributed by atoms with E-state index in [9.17, 15) is 13.2 Å². The molecule has 1 aliphatic carbocycles. The maximum Gasteiger partial charge on any atom is 0.309 e. The van der Waals surface area contributed by atoms with Crippen LogP contribution in [-0.4, -0.2) is 79.9 Å². The molecule has 1 saturated carbocycles. The van der Waals surface area contributed by atoms with Crippen LogP contribution in [-0.2, 0) is 24.3 Å². The lowest BCUT2D eigenvalue weighted by molar-refractivity contribution is -0.158. The maximum atomic E-state index is 12.9. The van der Waals surface area contributed by atoms with Gasteiger partial charge < -0.3 is 14.4 Å². The Labute approximate surface area is 221 Å². The molecule has 0 amide bonds. The van der Waals surface area contributed by atoms with Crippen LogP contribution in [0.1, 0.15) is 93.4 Å². The Morgan fingerprint density at radius 1 is 1.00 bits per heavy atom. The van der Waals surface area contributed by atoms with Crippen LogP contribution in [0.15, 0.2) is 0 Å². The van der Waals surface area contributed by atoms with Gasteiger partial charge in [-0.2, -0.15) is 4.31 Å². The van der Waals surface area contributed by atoms with Crippen molar-refractivity contribution in [3.63, 3.8) is 0 Å². The Balaban J connectivity index is 0.00000612. The van der Waals surface area contributed by atoms with Crippen molar-refractivity contribution < 1.29 is 22.7 Å². The van der Waals surface area contributed by atoms with E-state index >= 15 is 0 Å². The summed E-state index contributed by atoms with van der Waals surface area (Å²) in [5.41, 5.74) is -0.718. The molecule has 1 heterocycles. The zero-order chi connectivity index (χ0) is 25.7. The number of ether oxygens (including phenoxy) is 2. The van der Waals surface area contributed by atoms with Crippen molar-refractivity contribution in [1.29, 1.82) is 0 Å². The summed E-state index contributed by atoms with van der Waals surface area (Å²) in [4.78, 5) is 15.5. The van der Waals surface area contributed by atoms with Crippen molar-refractivity contribution in [3.8, 4) is 0 Å². The topological polar surface area (TPSA) is 76.2 Å². The zero-order valence-electron chi connectivity index (χ0n) is 23.3. The van der Waals surface area contributed by atoms with Gasteiger partial charge >= 0.3 is 5.97 Å². The van der Waals surface area contributed by atoms with Crippen molar-refractivity contribution in [2.75, 3.05) is 32.5 Å². The van der Waals surface area contributed by atoms with Gasteiger partial charge in [-0.3, -0.25) is 4.79 Å². The minimum absolute atomic E-state index is 0. The van der Waals surface area contributed by atoms with Gasteiger partial charge in [-0.15, -0.1) is 12.4 Å². The lowest BCUT2D eigenvalue weighted by atomic mass is 9.85. The molecule has 0 spiro atoms. The van der Waals surface area contributed by atoms with E-state index in [-0.39, 0.29) is 49.0 Å². The Morgan fingerprint density at radius 2 is 1.54 bits per heavy atom. The molecule has 1 aliphatic heterocycles. The molecule has 2 atom stereocenters. The fraction of sp³-hybridized carbons (Fsp3) is 0.962. The average molecular weight is 539 g/mol. The predicted molar refractivity (Wildman–Crippen MR) is 144 cm³/mol. The standard InChI is InChI=1S/C26H50N2O5S.ClH/c1-20(25(2,3)4)33-23(18-28(26(5,6)7)34(8,30)31)19-32-24(29)21-12-14-22(15-13-21)27-16-10-9-11-17-27;/h20-23H,9-19H2,1-8H3;1H/t20-,21?,22?,23-;/m0./s1. The molecule has 9 heteroatoms. The van der Waals surface area contributed by atoms with Crippen LogP contribution in [0, 0.1) is 11.3 Å². The van der Waals surface area contributed by atoms with Crippen LogP contribution in [0.25, 0.3) is 0 Å². The first-order valence-electron chi connectivity index (χ1n) is 13.1. The van der Waals surface area contributed by atoms with Gasteiger partial charge in [-0.1, -0.05) is 27.2 Å². The van der Waals surface area contributed by atoms with Crippen LogP contribution in [0.4, 0.5) is 0 Å². The van der Waals surface area contributed by atoms with Gasteiger partial charge in [-0.05, 0) is 84.7 Å². The summed E-state index contributed by atoms with van der Waals surface area (Å²) < 4.78 is 38.5. The molecule has 208 valence electrons. The molecule has 2 rings (SSSR count). The summed E-state index contributed by atoms with van der Waals surface area (Å²) >= 11 is 0. The second-order valence-corrected chi connectivity index (χ2v) is 14.4. The number of hydrogen-bond acceptors (Lipinski definition) is 6. The molecule has 1 saturated heterocycles. The third-order valence-corrected chi connectivity index (χ3v) is 8.98. The van der Waals surface area contributed by atoms with Gasteiger partial charge in [0.15, 0.2) is 0 Å². The minimum Gasteiger partial charge on any atom is -0.463 e. The van der Waals surface area contributed by atoms with Crippen LogP contribution in [0.5, 0.6) is 0 Å². The van der Waals surface area contributed by atoms with Gasteiger partial charge in [0, 0.05) is 18.1 Å². The van der Waals surface area contributed by atoms with Gasteiger partial charge in [0.25, 0.3) is 0 Å². The average Bonchev–Trinajstić information content (AvgIpc) is 2.73. The van der Waals surface area contributed by atoms with Crippen LogP contribution < -0.4 is 0 Å². The first kappa shape index (κ1) is 32.6. The summed E-state index contributed by atoms with van der Waals surface area (Å²) in [5.74, 6) is -0.244. The van der Waals surface area contributed by atoms with Crippen LogP contribution in [0.3, 0.4) is 0 Å². The van der Waals surface area contributed by atoms with E-state index in [1.165, 1.54) is 42.9 Å². The molecule has 0 aromatic carbocycles. The normalized spacial score (nSPS) is 24.5. The van der Waals surface area contributed by atoms with E-state index in [2.05, 4.69) is 25.7 Å². The number of halogens is 1. The number of likely N-dealkylation sites (tertiary alicyclic amines) is 1. The second kappa shape index (κ2) is 13.4. The summed E-state index contributed by atoms with van der Waals surface area (Å²) in [6.07, 6.45) is 8.29. The molecule has 0 bridgehead atoms. The highest BCUT2D eigenvalue weighted by Crippen LogP contribution is 2.30. The van der Waals surface area contributed by atoms with Crippen molar-refractivity contribution in [3.05, 3.63) is 0 Å². The third-order valence-electron chi connectivity index (χ3n) is 7.48. The van der Waals surface area contributed by atoms with E-state index in [0.29, 0.717) is 6.04 Å². The Kier molecular flexibility index (Phi) is 12.5. The van der Waals surface area contributed by atoms with E-state index in [1.807, 2.05) is 27.7 Å². The highest BCUT2D eigenvalue weighted by atomic mass is 35.5. The van der Waals surface area contributed by atoms with E-state index in [0.717, 1.165) is 25.7 Å². The quantitative estimate of drug-likeness (QED) is 0.389. The lowest BCUT2D eigenvalue weighted by Crippen LogP contribution is -2.51. The Bertz CT molecular complexity index is 749. The van der Waals surface area contributed by atoms with Gasteiger partial charge in [0.05, 0.1) is 18.3 Å². The molecule has 2 aliphatic rings. The van der Waals surface area contributed by atoms with Gasteiger partial charge in [0.2, 0.25) is 10.0 Å². The minimum atomic E-state index is -3.46. The molecule has 0 N–H and O–H groups in total. The number of carbonyl (C=O) groups is 1. The molecular weight excluding hydrogens is 488 g/mol. The SMILES string of the molecule is C[C@H](O[C@H](COC(=O)C1CCC(N2CCCCC2)CC1)CN(C(C)(C)C)S(C)(=O)=O)C(C)(C)C.Cl. The fourth-order valence-corrected chi connectivity index (χ4v) is 6.40.